The molecular weight excluding hydrogens is 430 g/mol. The molecule has 1 aromatic heterocycles. The topological polar surface area (TPSA) is 78.5 Å². The number of sulfonamides is 1. The first-order chi connectivity index (χ1) is 14.8. The molecule has 0 spiro atoms. The highest BCUT2D eigenvalue weighted by molar-refractivity contribution is 7.91. The van der Waals surface area contributed by atoms with Crippen LogP contribution in [0.2, 0.25) is 0 Å². The van der Waals surface area contributed by atoms with Gasteiger partial charge in [-0.15, -0.1) is 11.3 Å². The van der Waals surface area contributed by atoms with E-state index in [1.807, 2.05) is 13.8 Å². The highest BCUT2D eigenvalue weighted by Crippen LogP contribution is 2.21. The van der Waals surface area contributed by atoms with Crippen molar-refractivity contribution in [3.8, 4) is 0 Å². The third-order valence-corrected chi connectivity index (χ3v) is 8.63. The number of likely N-dealkylation sites (tertiary alicyclic amines) is 1. The highest BCUT2D eigenvalue weighted by atomic mass is 32.2. The lowest BCUT2D eigenvalue weighted by atomic mass is 9.90. The van der Waals surface area contributed by atoms with Crippen molar-refractivity contribution in [3.63, 3.8) is 0 Å². The fourth-order valence-electron chi connectivity index (χ4n) is 3.94. The molecule has 0 aliphatic carbocycles. The Balaban J connectivity index is 1.41. The van der Waals surface area contributed by atoms with Crippen molar-refractivity contribution in [2.75, 3.05) is 26.2 Å². The number of rotatable bonds is 10. The molecule has 31 heavy (non-hydrogen) atoms. The van der Waals surface area contributed by atoms with Gasteiger partial charge in [-0.25, -0.2) is 8.42 Å². The minimum Gasteiger partial charge on any atom is -0.353 e. The van der Waals surface area contributed by atoms with Crippen molar-refractivity contribution in [2.45, 2.75) is 43.4 Å². The van der Waals surface area contributed by atoms with Crippen LogP contribution >= 0.6 is 11.3 Å². The van der Waals surface area contributed by atoms with E-state index in [0.29, 0.717) is 12.5 Å². The molecule has 0 bridgehead atoms. The van der Waals surface area contributed by atoms with Crippen LogP contribution in [-0.2, 0) is 21.2 Å². The summed E-state index contributed by atoms with van der Waals surface area (Å²) < 4.78 is 27.8. The Kier molecular flexibility index (Phi) is 8.66. The van der Waals surface area contributed by atoms with Gasteiger partial charge in [-0.2, -0.15) is 4.72 Å². The van der Waals surface area contributed by atoms with Crippen LogP contribution in [0.15, 0.2) is 52.1 Å². The normalized spacial score (nSPS) is 17.0. The van der Waals surface area contributed by atoms with Gasteiger partial charge in [0.05, 0.1) is 0 Å². The smallest absolute Gasteiger partial charge is 0.250 e. The summed E-state index contributed by atoms with van der Waals surface area (Å²) in [5.74, 6) is 0.294. The summed E-state index contributed by atoms with van der Waals surface area (Å²) in [6.45, 7) is 7.06. The van der Waals surface area contributed by atoms with Gasteiger partial charge in [-0.1, -0.05) is 50.2 Å². The van der Waals surface area contributed by atoms with Gasteiger partial charge in [0, 0.05) is 13.1 Å². The van der Waals surface area contributed by atoms with Crippen LogP contribution in [0.1, 0.15) is 32.3 Å². The number of hydrogen-bond acceptors (Lipinski definition) is 5. The lowest BCUT2D eigenvalue weighted by Gasteiger charge is -2.32. The highest BCUT2D eigenvalue weighted by Gasteiger charge is 2.29. The molecule has 0 saturated carbocycles. The predicted octanol–water partition coefficient (Wildman–Crippen LogP) is 3.12. The summed E-state index contributed by atoms with van der Waals surface area (Å²) in [6, 6.07) is 13.1. The molecule has 1 aliphatic heterocycles. The molecule has 1 amide bonds. The Bertz CT molecular complexity index is 907. The number of nitrogens with zero attached hydrogens (tertiary/aromatic N) is 1. The second kappa shape index (κ2) is 11.2. The second-order valence-electron chi connectivity index (χ2n) is 8.54. The molecule has 0 unspecified atom stereocenters. The maximum atomic E-state index is 12.7. The zero-order valence-corrected chi connectivity index (χ0v) is 19.9. The lowest BCUT2D eigenvalue weighted by Crippen LogP contribution is -2.51. The number of piperidine rings is 1. The van der Waals surface area contributed by atoms with Crippen molar-refractivity contribution in [3.05, 3.63) is 53.4 Å². The number of amides is 1. The number of thiophene rings is 1. The minimum absolute atomic E-state index is 0.150. The fraction of sp³-hybridized carbons (Fsp3) is 0.522. The zero-order valence-electron chi connectivity index (χ0n) is 18.3. The maximum Gasteiger partial charge on any atom is 0.250 e. The average Bonchev–Trinajstić information content (AvgIpc) is 3.30. The Morgan fingerprint density at radius 1 is 1.13 bits per heavy atom. The predicted molar refractivity (Wildman–Crippen MR) is 126 cm³/mol. The molecule has 6 nitrogen and oxygen atoms in total. The first kappa shape index (κ1) is 23.9. The summed E-state index contributed by atoms with van der Waals surface area (Å²) in [4.78, 5) is 15.1. The standard InChI is InChI=1S/C23H33N3O3S2/c1-18(2)22(25-31(28,29)21-9-6-16-30-21)23(27)24-12-15-26-13-10-20(11-14-26)17-19-7-4-3-5-8-19/h3-9,16,18,20,22,25H,10-15,17H2,1-2H3,(H,24,27)/t22-/m1/s1. The molecule has 2 N–H and O–H groups in total. The molecule has 1 saturated heterocycles. The summed E-state index contributed by atoms with van der Waals surface area (Å²) >= 11 is 1.14. The van der Waals surface area contributed by atoms with E-state index < -0.39 is 16.1 Å². The number of carbonyl (C=O) groups excluding carboxylic acids is 1. The summed E-state index contributed by atoms with van der Waals surface area (Å²) in [5.41, 5.74) is 1.40. The van der Waals surface area contributed by atoms with Crippen molar-refractivity contribution < 1.29 is 13.2 Å². The van der Waals surface area contributed by atoms with Crippen LogP contribution in [0.4, 0.5) is 0 Å². The van der Waals surface area contributed by atoms with E-state index in [2.05, 4.69) is 45.3 Å². The van der Waals surface area contributed by atoms with E-state index in [1.54, 1.807) is 17.5 Å². The van der Waals surface area contributed by atoms with E-state index in [9.17, 15) is 13.2 Å². The van der Waals surface area contributed by atoms with Gasteiger partial charge in [0.25, 0.3) is 10.0 Å². The monoisotopic (exact) mass is 463 g/mol. The summed E-state index contributed by atoms with van der Waals surface area (Å²) in [7, 11) is -3.69. The number of hydrogen-bond donors (Lipinski definition) is 2. The number of benzene rings is 1. The van der Waals surface area contributed by atoms with Crippen LogP contribution in [-0.4, -0.2) is 51.4 Å². The van der Waals surface area contributed by atoms with Gasteiger partial charge in [-0.3, -0.25) is 4.79 Å². The SMILES string of the molecule is CC(C)[C@@H](NS(=O)(=O)c1cccs1)C(=O)NCCN1CCC(Cc2ccccc2)CC1. The molecule has 8 heteroatoms. The van der Waals surface area contributed by atoms with Gasteiger partial charge in [0.2, 0.25) is 5.91 Å². The van der Waals surface area contributed by atoms with Crippen LogP contribution in [0.3, 0.4) is 0 Å². The van der Waals surface area contributed by atoms with E-state index in [0.717, 1.165) is 50.2 Å². The third kappa shape index (κ3) is 7.14. The Morgan fingerprint density at radius 2 is 1.84 bits per heavy atom. The summed E-state index contributed by atoms with van der Waals surface area (Å²) in [5, 5.41) is 4.64. The van der Waals surface area contributed by atoms with Gasteiger partial charge in [0.15, 0.2) is 0 Å². The largest absolute Gasteiger partial charge is 0.353 e. The molecule has 3 rings (SSSR count). The van der Waals surface area contributed by atoms with Gasteiger partial charge >= 0.3 is 0 Å². The number of carbonyl (C=O) groups is 1. The molecule has 0 radical (unpaired) electrons. The Labute approximate surface area is 190 Å². The zero-order chi connectivity index (χ0) is 22.3. The average molecular weight is 464 g/mol. The van der Waals surface area contributed by atoms with Crippen LogP contribution < -0.4 is 10.0 Å². The second-order valence-corrected chi connectivity index (χ2v) is 11.4. The van der Waals surface area contributed by atoms with Crippen LogP contribution in [0, 0.1) is 11.8 Å². The molecule has 1 aliphatic rings. The Hall–Kier alpha value is -1.74. The number of nitrogens with one attached hydrogen (secondary N) is 2. The molecule has 1 aromatic carbocycles. The van der Waals surface area contributed by atoms with Gasteiger partial charge in [0.1, 0.15) is 10.3 Å². The first-order valence-electron chi connectivity index (χ1n) is 10.9. The van der Waals surface area contributed by atoms with Crippen LogP contribution in [0.25, 0.3) is 0 Å². The van der Waals surface area contributed by atoms with Crippen molar-refractivity contribution >= 4 is 27.3 Å². The first-order valence-corrected chi connectivity index (χ1v) is 13.3. The molecule has 1 fully saturated rings. The molecule has 170 valence electrons. The molecule has 1 atom stereocenters. The van der Waals surface area contributed by atoms with Crippen molar-refractivity contribution in [1.29, 1.82) is 0 Å². The van der Waals surface area contributed by atoms with Gasteiger partial charge in [-0.05, 0) is 61.2 Å². The van der Waals surface area contributed by atoms with E-state index in [4.69, 9.17) is 0 Å². The van der Waals surface area contributed by atoms with Crippen molar-refractivity contribution in [1.82, 2.24) is 14.9 Å². The summed E-state index contributed by atoms with van der Waals surface area (Å²) in [6.07, 6.45) is 3.46. The van der Waals surface area contributed by atoms with E-state index in [1.165, 1.54) is 5.56 Å². The Morgan fingerprint density at radius 3 is 2.45 bits per heavy atom. The third-order valence-electron chi connectivity index (χ3n) is 5.79. The van der Waals surface area contributed by atoms with Crippen LogP contribution in [0.5, 0.6) is 0 Å². The molecule has 2 heterocycles. The fourth-order valence-corrected chi connectivity index (χ4v) is 6.30. The van der Waals surface area contributed by atoms with E-state index in [-0.39, 0.29) is 16.0 Å². The molecule has 2 aromatic rings. The minimum atomic E-state index is -3.69. The molecular formula is C23H33N3O3S2. The van der Waals surface area contributed by atoms with Gasteiger partial charge < -0.3 is 10.2 Å². The lowest BCUT2D eigenvalue weighted by molar-refractivity contribution is -0.123. The van der Waals surface area contributed by atoms with Crippen molar-refractivity contribution in [2.24, 2.45) is 11.8 Å². The van der Waals surface area contributed by atoms with E-state index >= 15 is 0 Å². The quantitative estimate of drug-likeness (QED) is 0.568. The maximum absolute atomic E-state index is 12.7.